The van der Waals surface area contributed by atoms with E-state index in [1.165, 1.54) is 16.4 Å². The lowest BCUT2D eigenvalue weighted by atomic mass is 10.1. The first-order valence-electron chi connectivity index (χ1n) is 7.77. The zero-order valence-corrected chi connectivity index (χ0v) is 15.7. The van der Waals surface area contributed by atoms with Gasteiger partial charge in [0.05, 0.1) is 9.82 Å². The van der Waals surface area contributed by atoms with Crippen molar-refractivity contribution in [2.75, 3.05) is 19.6 Å². The summed E-state index contributed by atoms with van der Waals surface area (Å²) in [5, 5.41) is 14.3. The maximum Gasteiger partial charge on any atom is 0.271 e. The molecule has 0 bridgehead atoms. The van der Waals surface area contributed by atoms with Crippen molar-refractivity contribution in [2.24, 2.45) is 0 Å². The van der Waals surface area contributed by atoms with Crippen molar-refractivity contribution >= 4 is 28.1 Å². The molecular formula is C15H24ClN3O4S. The van der Waals surface area contributed by atoms with Crippen LogP contribution >= 0.6 is 12.4 Å². The van der Waals surface area contributed by atoms with Gasteiger partial charge >= 0.3 is 0 Å². The van der Waals surface area contributed by atoms with E-state index in [0.717, 1.165) is 13.0 Å². The lowest BCUT2D eigenvalue weighted by molar-refractivity contribution is -0.385. The molecule has 0 amide bonds. The predicted molar refractivity (Wildman–Crippen MR) is 95.3 cm³/mol. The summed E-state index contributed by atoms with van der Waals surface area (Å²) >= 11 is 0. The standard InChI is InChI=1S/C15H23N3O4S.ClH/c1-4-7-17(13-5-6-16-10-13)23(21,22)15-9-14(18(19)20)8-11(2)12(15)3;/h8-9,13,16H,4-7,10H2,1-3H3;1H. The summed E-state index contributed by atoms with van der Waals surface area (Å²) in [7, 11) is -3.77. The fourth-order valence-corrected chi connectivity index (χ4v) is 4.98. The molecule has 1 unspecified atom stereocenters. The molecule has 0 radical (unpaired) electrons. The highest BCUT2D eigenvalue weighted by Crippen LogP contribution is 2.29. The van der Waals surface area contributed by atoms with Gasteiger partial charge in [0.15, 0.2) is 0 Å². The predicted octanol–water partition coefficient (Wildman–Crippen LogP) is 2.40. The van der Waals surface area contributed by atoms with Gasteiger partial charge in [-0.25, -0.2) is 8.42 Å². The number of nitro benzene ring substituents is 1. The first-order chi connectivity index (χ1) is 10.8. The molecule has 1 N–H and O–H groups in total. The number of sulfonamides is 1. The van der Waals surface area contributed by atoms with Crippen LogP contribution < -0.4 is 5.32 Å². The maximum absolute atomic E-state index is 13.1. The second kappa shape index (κ2) is 8.24. The fraction of sp³-hybridized carbons (Fsp3) is 0.600. The van der Waals surface area contributed by atoms with Gasteiger partial charge in [-0.15, -0.1) is 12.4 Å². The minimum Gasteiger partial charge on any atom is -0.315 e. The van der Waals surface area contributed by atoms with Crippen molar-refractivity contribution in [3.8, 4) is 0 Å². The summed E-state index contributed by atoms with van der Waals surface area (Å²) in [6, 6.07) is 2.50. The highest BCUT2D eigenvalue weighted by molar-refractivity contribution is 7.89. The van der Waals surface area contributed by atoms with Crippen LogP contribution in [0.15, 0.2) is 17.0 Å². The third-order valence-corrected chi connectivity index (χ3v) is 6.37. The molecule has 9 heteroatoms. The van der Waals surface area contributed by atoms with E-state index in [1.807, 2.05) is 6.92 Å². The number of hydrogen-bond acceptors (Lipinski definition) is 5. The average molecular weight is 378 g/mol. The van der Waals surface area contributed by atoms with Crippen LogP contribution in [-0.2, 0) is 10.0 Å². The molecular weight excluding hydrogens is 354 g/mol. The number of non-ortho nitro benzene ring substituents is 1. The van der Waals surface area contributed by atoms with Crippen LogP contribution in [0.4, 0.5) is 5.69 Å². The van der Waals surface area contributed by atoms with Gasteiger partial charge in [0.1, 0.15) is 0 Å². The Labute approximate surface area is 149 Å². The quantitative estimate of drug-likeness (QED) is 0.607. The number of nitrogens with zero attached hydrogens (tertiary/aromatic N) is 2. The number of nitrogens with one attached hydrogen (secondary N) is 1. The molecule has 0 saturated carbocycles. The lowest BCUT2D eigenvalue weighted by Gasteiger charge is -2.28. The molecule has 7 nitrogen and oxygen atoms in total. The number of hydrogen-bond donors (Lipinski definition) is 1. The molecule has 1 heterocycles. The van der Waals surface area contributed by atoms with Crippen molar-refractivity contribution in [3.63, 3.8) is 0 Å². The van der Waals surface area contributed by atoms with Crippen molar-refractivity contribution in [3.05, 3.63) is 33.4 Å². The molecule has 0 spiro atoms. The Morgan fingerprint density at radius 3 is 2.54 bits per heavy atom. The smallest absolute Gasteiger partial charge is 0.271 e. The summed E-state index contributed by atoms with van der Waals surface area (Å²) in [6.07, 6.45) is 1.45. The topological polar surface area (TPSA) is 92.6 Å². The van der Waals surface area contributed by atoms with Crippen molar-refractivity contribution in [2.45, 2.75) is 44.6 Å². The van der Waals surface area contributed by atoms with E-state index >= 15 is 0 Å². The molecule has 1 aliphatic rings. The largest absolute Gasteiger partial charge is 0.315 e. The van der Waals surface area contributed by atoms with Gasteiger partial charge in [0.25, 0.3) is 5.69 Å². The van der Waals surface area contributed by atoms with Crippen LogP contribution in [0, 0.1) is 24.0 Å². The van der Waals surface area contributed by atoms with Crippen LogP contribution in [0.1, 0.15) is 30.9 Å². The maximum atomic E-state index is 13.1. The molecule has 2 rings (SSSR count). The van der Waals surface area contributed by atoms with Gasteiger partial charge in [-0.1, -0.05) is 6.92 Å². The van der Waals surface area contributed by atoms with Gasteiger partial charge in [-0.05, 0) is 44.4 Å². The molecule has 24 heavy (non-hydrogen) atoms. The summed E-state index contributed by atoms with van der Waals surface area (Å²) in [5.41, 5.74) is 0.995. The Kier molecular flexibility index (Phi) is 7.15. The molecule has 1 aromatic carbocycles. The van der Waals surface area contributed by atoms with Gasteiger partial charge in [-0.2, -0.15) is 4.31 Å². The second-order valence-corrected chi connectivity index (χ2v) is 7.76. The van der Waals surface area contributed by atoms with E-state index in [0.29, 0.717) is 30.6 Å². The first-order valence-corrected chi connectivity index (χ1v) is 9.21. The summed E-state index contributed by atoms with van der Waals surface area (Å²) in [5.74, 6) is 0. The molecule has 1 atom stereocenters. The normalized spacial score (nSPS) is 17.8. The number of aryl methyl sites for hydroxylation is 1. The number of halogens is 1. The third-order valence-electron chi connectivity index (χ3n) is 4.29. The Bertz CT molecular complexity index is 703. The number of nitro groups is 1. The molecule has 1 aromatic rings. The van der Waals surface area contributed by atoms with Gasteiger partial charge in [-0.3, -0.25) is 10.1 Å². The zero-order valence-electron chi connectivity index (χ0n) is 14.1. The third kappa shape index (κ3) is 4.05. The van der Waals surface area contributed by atoms with Gasteiger partial charge in [0, 0.05) is 31.3 Å². The van der Waals surface area contributed by atoms with Gasteiger partial charge in [0.2, 0.25) is 10.0 Å². The minimum absolute atomic E-state index is 0. The monoisotopic (exact) mass is 377 g/mol. The second-order valence-electron chi connectivity index (χ2n) is 5.91. The fourth-order valence-electron chi connectivity index (χ4n) is 2.91. The molecule has 136 valence electrons. The van der Waals surface area contributed by atoms with Crippen molar-refractivity contribution in [1.29, 1.82) is 0 Å². The Balaban J connectivity index is 0.00000288. The van der Waals surface area contributed by atoms with E-state index in [4.69, 9.17) is 0 Å². The molecule has 1 fully saturated rings. The summed E-state index contributed by atoms with van der Waals surface area (Å²) in [4.78, 5) is 10.6. The van der Waals surface area contributed by atoms with Crippen molar-refractivity contribution in [1.82, 2.24) is 9.62 Å². The van der Waals surface area contributed by atoms with Crippen LogP contribution in [0.5, 0.6) is 0 Å². The SMILES string of the molecule is CCCN(C1CCNC1)S(=O)(=O)c1cc([N+](=O)[O-])cc(C)c1C.Cl. The van der Waals surface area contributed by atoms with E-state index in [-0.39, 0.29) is 29.0 Å². The van der Waals surface area contributed by atoms with Crippen LogP contribution in [0.2, 0.25) is 0 Å². The molecule has 0 aromatic heterocycles. The van der Waals surface area contributed by atoms with Gasteiger partial charge < -0.3 is 5.32 Å². The highest BCUT2D eigenvalue weighted by atomic mass is 35.5. The van der Waals surface area contributed by atoms with Crippen LogP contribution in [-0.4, -0.2) is 43.3 Å². The minimum atomic E-state index is -3.77. The van der Waals surface area contributed by atoms with Crippen LogP contribution in [0.25, 0.3) is 0 Å². The van der Waals surface area contributed by atoms with Crippen LogP contribution in [0.3, 0.4) is 0 Å². The number of benzene rings is 1. The molecule has 1 aliphatic heterocycles. The highest BCUT2D eigenvalue weighted by Gasteiger charge is 2.34. The summed E-state index contributed by atoms with van der Waals surface area (Å²) < 4.78 is 27.8. The zero-order chi connectivity index (χ0) is 17.2. The van der Waals surface area contributed by atoms with E-state index in [9.17, 15) is 18.5 Å². The van der Waals surface area contributed by atoms with Crippen molar-refractivity contribution < 1.29 is 13.3 Å². The summed E-state index contributed by atoms with van der Waals surface area (Å²) in [6.45, 7) is 7.14. The van der Waals surface area contributed by atoms with E-state index in [2.05, 4.69) is 5.32 Å². The lowest BCUT2D eigenvalue weighted by Crippen LogP contribution is -2.42. The molecule has 0 aliphatic carbocycles. The van der Waals surface area contributed by atoms with E-state index in [1.54, 1.807) is 13.8 Å². The molecule has 1 saturated heterocycles. The Hall–Kier alpha value is -1.22. The first kappa shape index (κ1) is 20.8. The Morgan fingerprint density at radius 2 is 2.04 bits per heavy atom. The Morgan fingerprint density at radius 1 is 1.38 bits per heavy atom. The number of rotatable bonds is 6. The van der Waals surface area contributed by atoms with E-state index < -0.39 is 14.9 Å². The average Bonchev–Trinajstić information content (AvgIpc) is 3.00.